The first-order chi connectivity index (χ1) is 10.9. The summed E-state index contributed by atoms with van der Waals surface area (Å²) >= 11 is 0. The van der Waals surface area contributed by atoms with Gasteiger partial charge in [-0.15, -0.1) is 0 Å². The summed E-state index contributed by atoms with van der Waals surface area (Å²) in [6.45, 7) is 7.16. The van der Waals surface area contributed by atoms with Crippen LogP contribution in [0.4, 0.5) is 8.78 Å². The fourth-order valence-electron chi connectivity index (χ4n) is 3.98. The van der Waals surface area contributed by atoms with Crippen molar-refractivity contribution in [2.75, 3.05) is 26.2 Å². The first-order valence-electron chi connectivity index (χ1n) is 8.65. The number of nitrogens with one attached hydrogen (secondary N) is 3. The van der Waals surface area contributed by atoms with Crippen molar-refractivity contribution < 1.29 is 13.6 Å². The van der Waals surface area contributed by atoms with Crippen molar-refractivity contribution in [2.45, 2.75) is 63.7 Å². The topological polar surface area (TPSA) is 56.4 Å². The van der Waals surface area contributed by atoms with E-state index in [0.717, 1.165) is 26.2 Å². The van der Waals surface area contributed by atoms with Crippen molar-refractivity contribution in [2.24, 2.45) is 5.41 Å². The van der Waals surface area contributed by atoms with Crippen LogP contribution in [0.2, 0.25) is 0 Å². The Morgan fingerprint density at radius 2 is 1.87 bits per heavy atom. The predicted molar refractivity (Wildman–Crippen MR) is 84.5 cm³/mol. The van der Waals surface area contributed by atoms with Crippen LogP contribution in [0.25, 0.3) is 0 Å². The molecule has 0 aromatic carbocycles. The van der Waals surface area contributed by atoms with Gasteiger partial charge in [0, 0.05) is 50.5 Å². The third kappa shape index (κ3) is 3.67. The fourth-order valence-corrected chi connectivity index (χ4v) is 3.98. The minimum absolute atomic E-state index is 0.0251. The van der Waals surface area contributed by atoms with Gasteiger partial charge < -0.3 is 10.2 Å². The standard InChI is InChI=1S/C16H28F2N4O/c1-16(2,9-13(23)22-5-3-19-4-6-22)15-20-12-8-10(17)7-11(18)14(12)21-15/h10-12,14-15,19-21H,3-9H2,1-2H3. The zero-order valence-electron chi connectivity index (χ0n) is 13.9. The van der Waals surface area contributed by atoms with E-state index in [1.807, 2.05) is 18.7 Å². The molecule has 5 unspecified atom stereocenters. The average Bonchev–Trinajstić information content (AvgIpc) is 2.93. The summed E-state index contributed by atoms with van der Waals surface area (Å²) in [5, 5.41) is 9.84. The molecule has 7 heteroatoms. The van der Waals surface area contributed by atoms with E-state index in [4.69, 9.17) is 0 Å². The highest BCUT2D eigenvalue weighted by Crippen LogP contribution is 2.34. The molecule has 0 aromatic rings. The van der Waals surface area contributed by atoms with Gasteiger partial charge in [0.05, 0.1) is 12.2 Å². The third-order valence-electron chi connectivity index (χ3n) is 5.41. The highest BCUT2D eigenvalue weighted by molar-refractivity contribution is 5.77. The van der Waals surface area contributed by atoms with Crippen LogP contribution in [0.3, 0.4) is 0 Å². The van der Waals surface area contributed by atoms with Crippen molar-refractivity contribution in [3.8, 4) is 0 Å². The molecule has 2 saturated heterocycles. The summed E-state index contributed by atoms with van der Waals surface area (Å²) in [5.41, 5.74) is -0.356. The van der Waals surface area contributed by atoms with Gasteiger partial charge >= 0.3 is 0 Å². The van der Waals surface area contributed by atoms with E-state index in [1.165, 1.54) is 0 Å². The number of amides is 1. The molecule has 1 amide bonds. The van der Waals surface area contributed by atoms with E-state index >= 15 is 0 Å². The van der Waals surface area contributed by atoms with E-state index in [2.05, 4.69) is 16.0 Å². The Labute approximate surface area is 136 Å². The zero-order chi connectivity index (χ0) is 16.6. The van der Waals surface area contributed by atoms with Crippen LogP contribution in [-0.4, -0.2) is 67.6 Å². The Balaban J connectivity index is 1.60. The number of piperazine rings is 1. The molecule has 3 N–H and O–H groups in total. The van der Waals surface area contributed by atoms with Crippen LogP contribution < -0.4 is 16.0 Å². The molecule has 2 aliphatic heterocycles. The number of rotatable bonds is 3. The van der Waals surface area contributed by atoms with Gasteiger partial charge in [0.15, 0.2) is 0 Å². The molecule has 5 nitrogen and oxygen atoms in total. The Morgan fingerprint density at radius 1 is 1.17 bits per heavy atom. The lowest BCUT2D eigenvalue weighted by Gasteiger charge is -2.35. The maximum Gasteiger partial charge on any atom is 0.223 e. The van der Waals surface area contributed by atoms with Crippen LogP contribution in [0, 0.1) is 5.41 Å². The van der Waals surface area contributed by atoms with Crippen LogP contribution in [-0.2, 0) is 4.79 Å². The number of hydrogen-bond acceptors (Lipinski definition) is 4. The molecule has 1 aliphatic carbocycles. The van der Waals surface area contributed by atoms with Gasteiger partial charge in [0.1, 0.15) is 12.3 Å². The molecule has 3 rings (SSSR count). The lowest BCUT2D eigenvalue weighted by Crippen LogP contribution is -2.51. The maximum absolute atomic E-state index is 14.1. The molecule has 1 saturated carbocycles. The third-order valence-corrected chi connectivity index (χ3v) is 5.41. The smallest absolute Gasteiger partial charge is 0.223 e. The average molecular weight is 330 g/mol. The van der Waals surface area contributed by atoms with Crippen molar-refractivity contribution in [3.05, 3.63) is 0 Å². The zero-order valence-corrected chi connectivity index (χ0v) is 13.9. The molecule has 3 fully saturated rings. The second-order valence-electron chi connectivity index (χ2n) is 7.78. The van der Waals surface area contributed by atoms with Gasteiger partial charge in [-0.3, -0.25) is 15.4 Å². The van der Waals surface area contributed by atoms with Crippen LogP contribution in [0.15, 0.2) is 0 Å². The largest absolute Gasteiger partial charge is 0.340 e. The molecule has 3 aliphatic rings. The highest BCUT2D eigenvalue weighted by Gasteiger charge is 2.48. The minimum atomic E-state index is -1.17. The maximum atomic E-state index is 14.1. The Hall–Kier alpha value is -0.790. The summed E-state index contributed by atoms with van der Waals surface area (Å²) in [4.78, 5) is 14.4. The summed E-state index contributed by atoms with van der Waals surface area (Å²) in [6.07, 6.45) is -1.70. The van der Waals surface area contributed by atoms with Gasteiger partial charge in [-0.05, 0) is 6.42 Å². The van der Waals surface area contributed by atoms with E-state index in [0.29, 0.717) is 12.8 Å². The monoisotopic (exact) mass is 330 g/mol. The number of nitrogens with zero attached hydrogens (tertiary/aromatic N) is 1. The summed E-state index contributed by atoms with van der Waals surface area (Å²) in [7, 11) is 0. The SMILES string of the molecule is CC(C)(CC(=O)N1CCNCC1)C1NC2CC(F)CC(F)C2N1. The summed E-state index contributed by atoms with van der Waals surface area (Å²) < 4.78 is 27.7. The van der Waals surface area contributed by atoms with Gasteiger partial charge in [0.25, 0.3) is 0 Å². The minimum Gasteiger partial charge on any atom is -0.340 e. The van der Waals surface area contributed by atoms with Crippen LogP contribution in [0.1, 0.15) is 33.1 Å². The number of hydrogen-bond donors (Lipinski definition) is 3. The first kappa shape index (κ1) is 17.0. The van der Waals surface area contributed by atoms with Gasteiger partial charge in [-0.1, -0.05) is 13.8 Å². The lowest BCUT2D eigenvalue weighted by atomic mass is 9.85. The highest BCUT2D eigenvalue weighted by atomic mass is 19.1. The van der Waals surface area contributed by atoms with Crippen molar-refractivity contribution in [1.29, 1.82) is 0 Å². The molecular weight excluding hydrogens is 302 g/mol. The van der Waals surface area contributed by atoms with Crippen molar-refractivity contribution in [1.82, 2.24) is 20.9 Å². The Kier molecular flexibility index (Phi) is 4.90. The number of fused-ring (bicyclic) bond motifs is 1. The normalized spacial score (nSPS) is 38.4. The van der Waals surface area contributed by atoms with Crippen LogP contribution >= 0.6 is 0 Å². The molecule has 5 atom stereocenters. The van der Waals surface area contributed by atoms with Crippen molar-refractivity contribution in [3.63, 3.8) is 0 Å². The van der Waals surface area contributed by atoms with Gasteiger partial charge in [-0.25, -0.2) is 8.78 Å². The predicted octanol–water partition coefficient (Wildman–Crippen LogP) is 0.561. The molecule has 132 valence electrons. The van der Waals surface area contributed by atoms with Gasteiger partial charge in [0.2, 0.25) is 5.91 Å². The molecule has 0 radical (unpaired) electrons. The van der Waals surface area contributed by atoms with E-state index in [-0.39, 0.29) is 36.0 Å². The number of halogens is 2. The van der Waals surface area contributed by atoms with Crippen LogP contribution in [0.5, 0.6) is 0 Å². The molecule has 2 heterocycles. The Bertz CT molecular complexity index is 442. The Morgan fingerprint density at radius 3 is 2.57 bits per heavy atom. The summed E-state index contributed by atoms with van der Waals surface area (Å²) in [5.74, 6) is 0.134. The molecular formula is C16H28F2N4O. The van der Waals surface area contributed by atoms with E-state index < -0.39 is 12.3 Å². The van der Waals surface area contributed by atoms with E-state index in [9.17, 15) is 13.6 Å². The molecule has 0 aromatic heterocycles. The van der Waals surface area contributed by atoms with Gasteiger partial charge in [-0.2, -0.15) is 0 Å². The summed E-state index contributed by atoms with van der Waals surface area (Å²) in [6, 6.07) is -0.534. The second-order valence-corrected chi connectivity index (χ2v) is 7.78. The lowest BCUT2D eigenvalue weighted by molar-refractivity contribution is -0.134. The first-order valence-corrected chi connectivity index (χ1v) is 8.65. The molecule has 0 spiro atoms. The number of alkyl halides is 2. The molecule has 0 bridgehead atoms. The van der Waals surface area contributed by atoms with E-state index in [1.54, 1.807) is 0 Å². The van der Waals surface area contributed by atoms with Crippen molar-refractivity contribution >= 4 is 5.91 Å². The number of carbonyl (C=O) groups excluding carboxylic acids is 1. The second kappa shape index (κ2) is 6.61. The number of carbonyl (C=O) groups is 1. The quantitative estimate of drug-likeness (QED) is 0.708. The molecule has 23 heavy (non-hydrogen) atoms. The fraction of sp³-hybridized carbons (Fsp3) is 0.938.